The van der Waals surface area contributed by atoms with Gasteiger partial charge in [-0.15, -0.1) is 11.3 Å². The third-order valence-electron chi connectivity index (χ3n) is 5.47. The van der Waals surface area contributed by atoms with Gasteiger partial charge in [-0.25, -0.2) is 13.8 Å². The van der Waals surface area contributed by atoms with Crippen LogP contribution in [0, 0.1) is 0 Å². The molecule has 162 valence electrons. The molecule has 1 aromatic carbocycles. The minimum Gasteiger partial charge on any atom is -0.370 e. The Kier molecular flexibility index (Phi) is 6.37. The van der Waals surface area contributed by atoms with Gasteiger partial charge < -0.3 is 20.2 Å². The zero-order valence-corrected chi connectivity index (χ0v) is 18.2. The first-order valence-electron chi connectivity index (χ1n) is 10.0. The zero-order chi connectivity index (χ0) is 22.0. The van der Waals surface area contributed by atoms with Crippen LogP contribution in [-0.4, -0.2) is 54.6 Å². The number of hydrogen-bond donors (Lipinski definition) is 2. The molecule has 0 spiro atoms. The van der Waals surface area contributed by atoms with Gasteiger partial charge >= 0.3 is 0 Å². The van der Waals surface area contributed by atoms with Gasteiger partial charge in [0.05, 0.1) is 11.1 Å². The largest absolute Gasteiger partial charge is 0.370 e. The van der Waals surface area contributed by atoms with Crippen LogP contribution in [0.2, 0.25) is 0 Å². The molecule has 31 heavy (non-hydrogen) atoms. The van der Waals surface area contributed by atoms with Crippen molar-refractivity contribution in [3.05, 3.63) is 69.5 Å². The number of rotatable bonds is 7. The molecule has 2 atom stereocenters. The smallest absolute Gasteiger partial charge is 0.271 e. The molecule has 0 saturated carbocycles. The minimum atomic E-state index is -2.57. The van der Waals surface area contributed by atoms with E-state index in [4.69, 9.17) is 0 Å². The van der Waals surface area contributed by atoms with Crippen molar-refractivity contribution in [3.8, 4) is 0 Å². The van der Waals surface area contributed by atoms with Crippen molar-refractivity contribution in [1.82, 2.24) is 9.88 Å². The Bertz CT molecular complexity index is 1060. The van der Waals surface area contributed by atoms with Crippen LogP contribution in [-0.2, 0) is 0 Å². The first kappa shape index (κ1) is 21.5. The van der Waals surface area contributed by atoms with E-state index in [9.17, 15) is 13.9 Å². The molecule has 1 fully saturated rings. The highest BCUT2D eigenvalue weighted by atomic mass is 32.1. The molecule has 2 aromatic rings. The van der Waals surface area contributed by atoms with Crippen LogP contribution < -0.4 is 10.2 Å². The lowest BCUT2D eigenvalue weighted by Gasteiger charge is -2.22. The Hall–Kier alpha value is -2.73. The Balaban J connectivity index is 1.40. The molecular weight excluding hydrogens is 418 g/mol. The molecule has 2 heterocycles. The summed E-state index contributed by atoms with van der Waals surface area (Å²) in [5.74, 6) is 0. The highest BCUT2D eigenvalue weighted by molar-refractivity contribution is 7.10. The molecule has 1 saturated heterocycles. The lowest BCUT2D eigenvalue weighted by Crippen LogP contribution is -2.31. The number of alkyl halides is 2. The molecule has 2 unspecified atom stereocenters. The van der Waals surface area contributed by atoms with Crippen LogP contribution in [0.15, 0.2) is 58.8 Å². The third kappa shape index (κ3) is 4.96. The molecule has 5 nitrogen and oxygen atoms in total. The van der Waals surface area contributed by atoms with Gasteiger partial charge in [0.2, 0.25) is 0 Å². The number of hydrogen-bond acceptors (Lipinski definition) is 6. The zero-order valence-electron chi connectivity index (χ0n) is 17.3. The number of nitrogens with one attached hydrogen (secondary N) is 1. The number of aromatic nitrogens is 1. The number of likely N-dealkylation sites (N-methyl/N-ethyl adjacent to an activating group) is 1. The van der Waals surface area contributed by atoms with E-state index < -0.39 is 12.7 Å². The first-order valence-corrected chi connectivity index (χ1v) is 10.9. The summed E-state index contributed by atoms with van der Waals surface area (Å²) < 4.78 is 25.3. The monoisotopic (exact) mass is 442 g/mol. The first-order chi connectivity index (χ1) is 14.9. The van der Waals surface area contributed by atoms with Gasteiger partial charge in [-0.3, -0.25) is 0 Å². The van der Waals surface area contributed by atoms with E-state index in [-0.39, 0.29) is 5.57 Å². The van der Waals surface area contributed by atoms with E-state index in [0.29, 0.717) is 22.3 Å². The van der Waals surface area contributed by atoms with Gasteiger partial charge in [0, 0.05) is 35.9 Å². The lowest BCUT2D eigenvalue weighted by molar-refractivity contribution is 0.194. The molecule has 0 radical (unpaired) electrons. The summed E-state index contributed by atoms with van der Waals surface area (Å²) in [4.78, 5) is 9.04. The maximum Gasteiger partial charge on any atom is 0.271 e. The quantitative estimate of drug-likeness (QED) is 0.495. The number of halogens is 2. The van der Waals surface area contributed by atoms with E-state index >= 15 is 0 Å². The number of aliphatic hydroxyl groups excluding tert-OH is 1. The molecule has 0 bridgehead atoms. The average molecular weight is 443 g/mol. The SMILES string of the molecule is CN(C)C1CCN(c2ccc(NC(O)c3csc(C4=C=C=C(C(F)F)C=C4)n3)cc2)C1. The number of aliphatic hydroxyl groups is 1. The summed E-state index contributed by atoms with van der Waals surface area (Å²) in [5.41, 5.74) is 7.96. The van der Waals surface area contributed by atoms with Crippen molar-refractivity contribution in [2.45, 2.75) is 25.1 Å². The van der Waals surface area contributed by atoms with Crippen molar-refractivity contribution in [3.63, 3.8) is 0 Å². The van der Waals surface area contributed by atoms with Gasteiger partial charge in [0.15, 0.2) is 6.23 Å². The fourth-order valence-electron chi connectivity index (χ4n) is 3.58. The van der Waals surface area contributed by atoms with Crippen molar-refractivity contribution in [2.75, 3.05) is 37.4 Å². The standard InChI is InChI=1S/C23H24F2N4OS/c1-28(2)19-11-12-29(13-19)18-9-7-17(8-10-18)26-22(30)20-14-31-23(27-20)16-5-3-15(4-6-16)21(24)25/h3,5,7-10,14,19,21-22,26,30H,11-13H2,1-2H3. The maximum atomic E-state index is 12.7. The third-order valence-corrected chi connectivity index (χ3v) is 6.36. The fourth-order valence-corrected chi connectivity index (χ4v) is 4.40. The van der Waals surface area contributed by atoms with Crippen LogP contribution in [0.25, 0.3) is 5.57 Å². The van der Waals surface area contributed by atoms with Crippen LogP contribution >= 0.6 is 11.3 Å². The van der Waals surface area contributed by atoms with Crippen molar-refractivity contribution < 1.29 is 13.9 Å². The molecule has 2 N–H and O–H groups in total. The summed E-state index contributed by atoms with van der Waals surface area (Å²) in [7, 11) is 4.22. The Morgan fingerprint density at radius 2 is 2.00 bits per heavy atom. The molecule has 0 amide bonds. The number of thiazole rings is 1. The van der Waals surface area contributed by atoms with Gasteiger partial charge in [-0.1, -0.05) is 11.5 Å². The van der Waals surface area contributed by atoms with Crippen molar-refractivity contribution in [2.24, 2.45) is 0 Å². The Morgan fingerprint density at radius 1 is 1.23 bits per heavy atom. The van der Waals surface area contributed by atoms with Crippen LogP contribution in [0.1, 0.15) is 23.4 Å². The minimum absolute atomic E-state index is 0.197. The lowest BCUT2D eigenvalue weighted by atomic mass is 10.1. The van der Waals surface area contributed by atoms with E-state index in [1.165, 1.54) is 23.1 Å². The highest BCUT2D eigenvalue weighted by Crippen LogP contribution is 2.28. The maximum absolute atomic E-state index is 12.7. The summed E-state index contributed by atoms with van der Waals surface area (Å²) in [6, 6.07) is 8.56. The second-order valence-electron chi connectivity index (χ2n) is 7.78. The van der Waals surface area contributed by atoms with Crippen molar-refractivity contribution in [1.29, 1.82) is 0 Å². The molecule has 1 aliphatic heterocycles. The van der Waals surface area contributed by atoms with Crippen LogP contribution in [0.4, 0.5) is 20.2 Å². The van der Waals surface area contributed by atoms with E-state index in [1.807, 2.05) is 12.1 Å². The van der Waals surface area contributed by atoms with Crippen LogP contribution in [0.3, 0.4) is 0 Å². The molecule has 8 heteroatoms. The predicted octanol–water partition coefficient (Wildman–Crippen LogP) is 4.29. The van der Waals surface area contributed by atoms with E-state index in [1.54, 1.807) is 11.5 Å². The van der Waals surface area contributed by atoms with Gasteiger partial charge in [0.25, 0.3) is 6.43 Å². The molecule has 4 rings (SSSR count). The highest BCUT2D eigenvalue weighted by Gasteiger charge is 2.24. The fraction of sp³-hybridized carbons (Fsp3) is 0.348. The molecular formula is C23H24F2N4OS. The predicted molar refractivity (Wildman–Crippen MR) is 121 cm³/mol. The number of anilines is 2. The summed E-state index contributed by atoms with van der Waals surface area (Å²) >= 11 is 1.32. The van der Waals surface area contributed by atoms with Crippen molar-refractivity contribution >= 4 is 28.3 Å². The molecule has 1 aromatic heterocycles. The summed E-state index contributed by atoms with van der Waals surface area (Å²) in [6.45, 7) is 2.04. The number of benzene rings is 1. The van der Waals surface area contributed by atoms with Crippen LogP contribution in [0.5, 0.6) is 0 Å². The molecule has 1 aliphatic carbocycles. The van der Waals surface area contributed by atoms with E-state index in [0.717, 1.165) is 25.2 Å². The van der Waals surface area contributed by atoms with Gasteiger partial charge in [0.1, 0.15) is 10.7 Å². The normalized spacial score (nSPS) is 19.2. The van der Waals surface area contributed by atoms with Gasteiger partial charge in [-0.05, 0) is 56.9 Å². The molecule has 2 aliphatic rings. The topological polar surface area (TPSA) is 51.6 Å². The summed E-state index contributed by atoms with van der Waals surface area (Å²) in [6.07, 6.45) is 0.449. The Morgan fingerprint density at radius 3 is 2.61 bits per heavy atom. The van der Waals surface area contributed by atoms with E-state index in [2.05, 4.69) is 57.8 Å². The number of allylic oxidation sites excluding steroid dienone is 4. The second kappa shape index (κ2) is 9.18. The summed E-state index contributed by atoms with van der Waals surface area (Å²) in [5, 5.41) is 15.9. The van der Waals surface area contributed by atoms with Gasteiger partial charge in [-0.2, -0.15) is 0 Å². The average Bonchev–Trinajstić information content (AvgIpc) is 3.45. The Labute approximate surface area is 184 Å². The number of nitrogens with zero attached hydrogens (tertiary/aromatic N) is 3. The second-order valence-corrected chi connectivity index (χ2v) is 8.63.